The number of carboxylic acids is 1. The van der Waals surface area contributed by atoms with E-state index in [0.29, 0.717) is 18.8 Å². The van der Waals surface area contributed by atoms with Gasteiger partial charge in [-0.15, -0.1) is 0 Å². The van der Waals surface area contributed by atoms with Crippen LogP contribution in [0.15, 0.2) is 18.2 Å². The van der Waals surface area contributed by atoms with Gasteiger partial charge in [0.25, 0.3) is 0 Å². The number of ether oxygens (including phenoxy) is 1. The molecule has 0 aliphatic carbocycles. The molecule has 2 N–H and O–H groups in total. The van der Waals surface area contributed by atoms with Crippen LogP contribution in [-0.4, -0.2) is 31.3 Å². The third kappa shape index (κ3) is 4.03. The average molecular weight is 241 g/mol. The number of halogens is 1. The molecule has 1 rings (SSSR count). The molecule has 0 saturated carbocycles. The van der Waals surface area contributed by atoms with E-state index in [0.717, 1.165) is 6.07 Å². The van der Waals surface area contributed by atoms with E-state index in [9.17, 15) is 9.18 Å². The highest BCUT2D eigenvalue weighted by molar-refractivity contribution is 5.88. The molecule has 17 heavy (non-hydrogen) atoms. The molecule has 0 aliphatic heterocycles. The quantitative estimate of drug-likeness (QED) is 0.801. The van der Waals surface area contributed by atoms with Gasteiger partial charge in [-0.05, 0) is 24.1 Å². The molecule has 1 atom stereocenters. The number of carboxylic acid groups (broad SMARTS) is 1. The first-order chi connectivity index (χ1) is 8.04. The molecule has 1 aromatic rings. The van der Waals surface area contributed by atoms with Crippen molar-refractivity contribution in [2.45, 2.75) is 6.92 Å². The second kappa shape index (κ2) is 6.20. The number of carbonyl (C=O) groups is 1. The lowest BCUT2D eigenvalue weighted by molar-refractivity contribution is 0.0696. The van der Waals surface area contributed by atoms with Gasteiger partial charge in [-0.3, -0.25) is 0 Å². The summed E-state index contributed by atoms with van der Waals surface area (Å²) in [7, 11) is 1.61. The standard InChI is InChI=1S/C12H16FNO3/c1-8(7-17-2)6-14-11-4-3-9(12(15)16)5-10(11)13/h3-5,8,14H,6-7H2,1-2H3,(H,15,16). The molecule has 0 aliphatic rings. The summed E-state index contributed by atoms with van der Waals surface area (Å²) >= 11 is 0. The molecule has 0 bridgehead atoms. The topological polar surface area (TPSA) is 58.6 Å². The number of aromatic carboxylic acids is 1. The summed E-state index contributed by atoms with van der Waals surface area (Å²) in [4.78, 5) is 10.6. The van der Waals surface area contributed by atoms with Gasteiger partial charge in [0.2, 0.25) is 0 Å². The van der Waals surface area contributed by atoms with E-state index in [1.807, 2.05) is 6.92 Å². The Morgan fingerprint density at radius 2 is 2.29 bits per heavy atom. The zero-order chi connectivity index (χ0) is 12.8. The van der Waals surface area contributed by atoms with Crippen LogP contribution in [0.1, 0.15) is 17.3 Å². The molecule has 1 unspecified atom stereocenters. The Morgan fingerprint density at radius 1 is 1.59 bits per heavy atom. The van der Waals surface area contributed by atoms with Gasteiger partial charge in [-0.25, -0.2) is 9.18 Å². The zero-order valence-corrected chi connectivity index (χ0v) is 9.87. The van der Waals surface area contributed by atoms with Crippen LogP contribution in [0.25, 0.3) is 0 Å². The Bertz CT molecular complexity index is 395. The Morgan fingerprint density at radius 3 is 2.82 bits per heavy atom. The van der Waals surface area contributed by atoms with Gasteiger partial charge in [0.05, 0.1) is 17.9 Å². The van der Waals surface area contributed by atoms with Gasteiger partial charge in [-0.1, -0.05) is 6.92 Å². The van der Waals surface area contributed by atoms with Crippen molar-refractivity contribution < 1.29 is 19.0 Å². The van der Waals surface area contributed by atoms with Crippen molar-refractivity contribution in [1.29, 1.82) is 0 Å². The fourth-order valence-electron chi connectivity index (χ4n) is 1.42. The Balaban J connectivity index is 2.63. The van der Waals surface area contributed by atoms with E-state index >= 15 is 0 Å². The molecule has 0 fully saturated rings. The normalized spacial score (nSPS) is 12.2. The van der Waals surface area contributed by atoms with Crippen LogP contribution in [0.3, 0.4) is 0 Å². The first kappa shape index (κ1) is 13.4. The fraction of sp³-hybridized carbons (Fsp3) is 0.417. The summed E-state index contributed by atoms with van der Waals surface area (Å²) < 4.78 is 18.5. The number of rotatable bonds is 6. The van der Waals surface area contributed by atoms with E-state index in [4.69, 9.17) is 9.84 Å². The number of anilines is 1. The van der Waals surface area contributed by atoms with Crippen molar-refractivity contribution in [3.63, 3.8) is 0 Å². The van der Waals surface area contributed by atoms with Crippen LogP contribution in [0.5, 0.6) is 0 Å². The molecular formula is C12H16FNO3. The Kier molecular flexibility index (Phi) is 4.90. The van der Waals surface area contributed by atoms with Crippen molar-refractivity contribution >= 4 is 11.7 Å². The monoisotopic (exact) mass is 241 g/mol. The van der Waals surface area contributed by atoms with Crippen molar-refractivity contribution in [3.8, 4) is 0 Å². The third-order valence-electron chi connectivity index (χ3n) is 2.31. The molecule has 4 nitrogen and oxygen atoms in total. The molecule has 0 spiro atoms. The summed E-state index contributed by atoms with van der Waals surface area (Å²) in [5.41, 5.74) is 0.246. The summed E-state index contributed by atoms with van der Waals surface area (Å²) in [5.74, 6) is -1.45. The van der Waals surface area contributed by atoms with E-state index in [-0.39, 0.29) is 11.5 Å². The minimum absolute atomic E-state index is 0.0574. The van der Waals surface area contributed by atoms with Crippen LogP contribution in [-0.2, 0) is 4.74 Å². The molecule has 0 saturated heterocycles. The van der Waals surface area contributed by atoms with Gasteiger partial charge in [-0.2, -0.15) is 0 Å². The van der Waals surface area contributed by atoms with E-state index in [2.05, 4.69) is 5.32 Å². The molecule has 1 aromatic carbocycles. The van der Waals surface area contributed by atoms with Crippen LogP contribution >= 0.6 is 0 Å². The van der Waals surface area contributed by atoms with Gasteiger partial charge in [0.15, 0.2) is 0 Å². The minimum atomic E-state index is -1.14. The van der Waals surface area contributed by atoms with Crippen molar-refractivity contribution in [2.75, 3.05) is 25.6 Å². The van der Waals surface area contributed by atoms with Gasteiger partial charge in [0, 0.05) is 13.7 Å². The summed E-state index contributed by atoms with van der Waals surface area (Å²) in [5, 5.41) is 11.6. The first-order valence-electron chi connectivity index (χ1n) is 5.30. The maximum absolute atomic E-state index is 13.5. The second-order valence-corrected chi connectivity index (χ2v) is 3.94. The summed E-state index contributed by atoms with van der Waals surface area (Å²) in [6.07, 6.45) is 0. The van der Waals surface area contributed by atoms with Crippen molar-refractivity contribution in [2.24, 2.45) is 5.92 Å². The third-order valence-corrected chi connectivity index (χ3v) is 2.31. The second-order valence-electron chi connectivity index (χ2n) is 3.94. The highest BCUT2D eigenvalue weighted by Gasteiger charge is 2.09. The Labute approximate surface area is 99.4 Å². The largest absolute Gasteiger partial charge is 0.478 e. The zero-order valence-electron chi connectivity index (χ0n) is 9.87. The predicted octanol–water partition coefficient (Wildman–Crippen LogP) is 2.22. The molecular weight excluding hydrogens is 225 g/mol. The maximum Gasteiger partial charge on any atom is 0.335 e. The van der Waals surface area contributed by atoms with E-state index < -0.39 is 11.8 Å². The van der Waals surface area contributed by atoms with Crippen LogP contribution in [0.2, 0.25) is 0 Å². The predicted molar refractivity (Wildman–Crippen MR) is 62.9 cm³/mol. The van der Waals surface area contributed by atoms with Crippen molar-refractivity contribution in [1.82, 2.24) is 0 Å². The fourth-order valence-corrected chi connectivity index (χ4v) is 1.42. The van der Waals surface area contributed by atoms with Crippen LogP contribution < -0.4 is 5.32 Å². The lowest BCUT2D eigenvalue weighted by Gasteiger charge is -2.13. The highest BCUT2D eigenvalue weighted by Crippen LogP contribution is 2.16. The van der Waals surface area contributed by atoms with Gasteiger partial charge in [0.1, 0.15) is 5.82 Å². The molecule has 0 radical (unpaired) electrons. The number of nitrogens with one attached hydrogen (secondary N) is 1. The smallest absolute Gasteiger partial charge is 0.335 e. The first-order valence-corrected chi connectivity index (χ1v) is 5.30. The summed E-state index contributed by atoms with van der Waals surface area (Å²) in [6.45, 7) is 3.12. The molecule has 5 heteroatoms. The minimum Gasteiger partial charge on any atom is -0.478 e. The van der Waals surface area contributed by atoms with Crippen LogP contribution in [0, 0.1) is 11.7 Å². The van der Waals surface area contributed by atoms with E-state index in [1.54, 1.807) is 7.11 Å². The Hall–Kier alpha value is -1.62. The van der Waals surface area contributed by atoms with Crippen LogP contribution in [0.4, 0.5) is 10.1 Å². The SMILES string of the molecule is COCC(C)CNc1ccc(C(=O)O)cc1F. The number of benzene rings is 1. The molecule has 0 amide bonds. The highest BCUT2D eigenvalue weighted by atomic mass is 19.1. The number of methoxy groups -OCH3 is 1. The van der Waals surface area contributed by atoms with E-state index in [1.165, 1.54) is 12.1 Å². The van der Waals surface area contributed by atoms with Gasteiger partial charge < -0.3 is 15.2 Å². The van der Waals surface area contributed by atoms with Gasteiger partial charge >= 0.3 is 5.97 Å². The lowest BCUT2D eigenvalue weighted by atomic mass is 10.1. The summed E-state index contributed by atoms with van der Waals surface area (Å²) in [6, 6.07) is 3.80. The lowest BCUT2D eigenvalue weighted by Crippen LogP contribution is -2.16. The molecule has 94 valence electrons. The van der Waals surface area contributed by atoms with Crippen molar-refractivity contribution in [3.05, 3.63) is 29.6 Å². The number of hydrogen-bond acceptors (Lipinski definition) is 3. The molecule has 0 heterocycles. The number of hydrogen-bond donors (Lipinski definition) is 2. The molecule has 0 aromatic heterocycles. The maximum atomic E-state index is 13.5. The average Bonchev–Trinajstić information content (AvgIpc) is 2.27.